The maximum Gasteiger partial charge on any atom is 0.143 e. The zero-order valence-electron chi connectivity index (χ0n) is 9.65. The van der Waals surface area contributed by atoms with Crippen LogP contribution in [0.1, 0.15) is 43.9 Å². The van der Waals surface area contributed by atoms with Gasteiger partial charge in [-0.25, -0.2) is 0 Å². The predicted octanol–water partition coefficient (Wildman–Crippen LogP) is 2.48. The Labute approximate surface area is 105 Å². The van der Waals surface area contributed by atoms with Crippen LogP contribution in [0.3, 0.4) is 0 Å². The van der Waals surface area contributed by atoms with Crippen molar-refractivity contribution in [2.24, 2.45) is 0 Å². The SMILES string of the molecule is CCCOCCc1nnc(CBr)n1C1CC1. The van der Waals surface area contributed by atoms with Crippen molar-refractivity contribution in [2.45, 2.75) is 44.0 Å². The van der Waals surface area contributed by atoms with Crippen LogP contribution in [0, 0.1) is 0 Å². The van der Waals surface area contributed by atoms with Gasteiger partial charge >= 0.3 is 0 Å². The minimum atomic E-state index is 0.642. The van der Waals surface area contributed by atoms with Crippen molar-refractivity contribution in [3.8, 4) is 0 Å². The maximum atomic E-state index is 5.49. The van der Waals surface area contributed by atoms with Gasteiger partial charge in [0.2, 0.25) is 0 Å². The zero-order valence-corrected chi connectivity index (χ0v) is 11.2. The van der Waals surface area contributed by atoms with E-state index in [1.807, 2.05) is 0 Å². The molecule has 1 aliphatic carbocycles. The summed E-state index contributed by atoms with van der Waals surface area (Å²) in [7, 11) is 0. The highest BCUT2D eigenvalue weighted by molar-refractivity contribution is 9.08. The fraction of sp³-hybridized carbons (Fsp3) is 0.818. The normalized spacial score (nSPS) is 15.6. The summed E-state index contributed by atoms with van der Waals surface area (Å²) in [6.45, 7) is 3.71. The van der Waals surface area contributed by atoms with E-state index < -0.39 is 0 Å². The molecule has 0 radical (unpaired) electrons. The second kappa shape index (κ2) is 5.77. The van der Waals surface area contributed by atoms with Crippen molar-refractivity contribution in [1.82, 2.24) is 14.8 Å². The van der Waals surface area contributed by atoms with E-state index >= 15 is 0 Å². The molecule has 0 saturated heterocycles. The Balaban J connectivity index is 1.94. The molecule has 0 amide bonds. The molecule has 0 spiro atoms. The van der Waals surface area contributed by atoms with Crippen LogP contribution >= 0.6 is 15.9 Å². The lowest BCUT2D eigenvalue weighted by molar-refractivity contribution is 0.136. The fourth-order valence-corrected chi connectivity index (χ4v) is 2.17. The van der Waals surface area contributed by atoms with Crippen LogP contribution in [0.25, 0.3) is 0 Å². The van der Waals surface area contributed by atoms with Crippen molar-refractivity contribution < 1.29 is 4.74 Å². The van der Waals surface area contributed by atoms with E-state index in [9.17, 15) is 0 Å². The molecule has 0 N–H and O–H groups in total. The summed E-state index contributed by atoms with van der Waals surface area (Å²) >= 11 is 3.46. The van der Waals surface area contributed by atoms with Gasteiger partial charge < -0.3 is 9.30 Å². The predicted molar refractivity (Wildman–Crippen MR) is 65.7 cm³/mol. The first kappa shape index (κ1) is 12.0. The zero-order chi connectivity index (χ0) is 11.4. The number of hydrogen-bond donors (Lipinski definition) is 0. The highest BCUT2D eigenvalue weighted by Crippen LogP contribution is 2.37. The van der Waals surface area contributed by atoms with Crippen molar-refractivity contribution in [2.75, 3.05) is 13.2 Å². The third-order valence-corrected chi connectivity index (χ3v) is 3.19. The smallest absolute Gasteiger partial charge is 0.143 e. The molecule has 1 aliphatic rings. The maximum absolute atomic E-state index is 5.49. The summed E-state index contributed by atoms with van der Waals surface area (Å²) in [4.78, 5) is 0. The molecule has 4 nitrogen and oxygen atoms in total. The molecular weight excluding hydrogens is 270 g/mol. The highest BCUT2D eigenvalue weighted by Gasteiger charge is 2.28. The number of alkyl halides is 1. The topological polar surface area (TPSA) is 39.9 Å². The van der Waals surface area contributed by atoms with Crippen molar-refractivity contribution in [1.29, 1.82) is 0 Å². The number of aromatic nitrogens is 3. The number of nitrogens with zero attached hydrogens (tertiary/aromatic N) is 3. The van der Waals surface area contributed by atoms with Gasteiger partial charge in [-0.3, -0.25) is 0 Å². The largest absolute Gasteiger partial charge is 0.381 e. The third kappa shape index (κ3) is 2.83. The lowest BCUT2D eigenvalue weighted by atomic mass is 10.4. The third-order valence-electron chi connectivity index (χ3n) is 2.69. The molecule has 5 heteroatoms. The lowest BCUT2D eigenvalue weighted by Gasteiger charge is -2.07. The minimum absolute atomic E-state index is 0.642. The molecule has 0 aromatic carbocycles. The average molecular weight is 288 g/mol. The molecule has 0 unspecified atom stereocenters. The van der Waals surface area contributed by atoms with Gasteiger partial charge in [0.1, 0.15) is 11.6 Å². The van der Waals surface area contributed by atoms with Gasteiger partial charge in [0.15, 0.2) is 0 Å². The van der Waals surface area contributed by atoms with E-state index in [-0.39, 0.29) is 0 Å². The van der Waals surface area contributed by atoms with Gasteiger partial charge in [0.05, 0.1) is 11.9 Å². The molecule has 0 bridgehead atoms. The number of halogens is 1. The summed E-state index contributed by atoms with van der Waals surface area (Å²) in [5.41, 5.74) is 0. The van der Waals surface area contributed by atoms with E-state index in [2.05, 4.69) is 37.6 Å². The Morgan fingerprint density at radius 2 is 2.06 bits per heavy atom. The second-order valence-electron chi connectivity index (χ2n) is 4.13. The fourth-order valence-electron chi connectivity index (χ4n) is 1.79. The summed E-state index contributed by atoms with van der Waals surface area (Å²) < 4.78 is 7.77. The van der Waals surface area contributed by atoms with Crippen LogP contribution in [0.2, 0.25) is 0 Å². The molecule has 1 aromatic heterocycles. The van der Waals surface area contributed by atoms with Gasteiger partial charge in [-0.2, -0.15) is 0 Å². The molecule has 16 heavy (non-hydrogen) atoms. The Morgan fingerprint density at radius 1 is 1.31 bits per heavy atom. The minimum Gasteiger partial charge on any atom is -0.381 e. The highest BCUT2D eigenvalue weighted by atomic mass is 79.9. The number of ether oxygens (including phenoxy) is 1. The van der Waals surface area contributed by atoms with Gasteiger partial charge in [-0.05, 0) is 19.3 Å². The van der Waals surface area contributed by atoms with E-state index in [1.54, 1.807) is 0 Å². The first-order chi connectivity index (χ1) is 7.86. The van der Waals surface area contributed by atoms with Gasteiger partial charge in [0, 0.05) is 19.1 Å². The quantitative estimate of drug-likeness (QED) is 0.571. The van der Waals surface area contributed by atoms with Crippen LogP contribution < -0.4 is 0 Å². The van der Waals surface area contributed by atoms with E-state index in [1.165, 1.54) is 12.8 Å². The lowest BCUT2D eigenvalue weighted by Crippen LogP contribution is -2.08. The van der Waals surface area contributed by atoms with E-state index in [4.69, 9.17) is 4.74 Å². The summed E-state index contributed by atoms with van der Waals surface area (Å²) in [6, 6.07) is 0.642. The standard InChI is InChI=1S/C11H18BrN3O/c1-2-6-16-7-5-10-13-14-11(8-12)15(10)9-3-4-9/h9H,2-8H2,1H3. The number of hydrogen-bond acceptors (Lipinski definition) is 3. The molecule has 0 aliphatic heterocycles. The van der Waals surface area contributed by atoms with Crippen LogP contribution in [-0.2, 0) is 16.5 Å². The summed E-state index contributed by atoms with van der Waals surface area (Å²) in [6.07, 6.45) is 4.47. The van der Waals surface area contributed by atoms with Crippen LogP contribution in [0.4, 0.5) is 0 Å². The monoisotopic (exact) mass is 287 g/mol. The van der Waals surface area contributed by atoms with Crippen LogP contribution in [-0.4, -0.2) is 28.0 Å². The Morgan fingerprint density at radius 3 is 2.69 bits per heavy atom. The Hall–Kier alpha value is -0.420. The van der Waals surface area contributed by atoms with Crippen molar-refractivity contribution in [3.05, 3.63) is 11.6 Å². The summed E-state index contributed by atoms with van der Waals surface area (Å²) in [5.74, 6) is 2.13. The summed E-state index contributed by atoms with van der Waals surface area (Å²) in [5, 5.41) is 9.24. The van der Waals surface area contributed by atoms with Crippen LogP contribution in [0.5, 0.6) is 0 Å². The average Bonchev–Trinajstić information content (AvgIpc) is 3.06. The first-order valence-electron chi connectivity index (χ1n) is 5.93. The molecule has 0 atom stereocenters. The van der Waals surface area contributed by atoms with Gasteiger partial charge in [-0.1, -0.05) is 22.9 Å². The molecule has 1 aromatic rings. The first-order valence-corrected chi connectivity index (χ1v) is 7.05. The van der Waals surface area contributed by atoms with Crippen molar-refractivity contribution >= 4 is 15.9 Å². The molecule has 2 rings (SSSR count). The van der Waals surface area contributed by atoms with E-state index in [0.29, 0.717) is 6.04 Å². The molecule has 1 heterocycles. The molecular formula is C11H18BrN3O. The van der Waals surface area contributed by atoms with E-state index in [0.717, 1.165) is 43.0 Å². The number of rotatable bonds is 7. The molecule has 1 saturated carbocycles. The van der Waals surface area contributed by atoms with Gasteiger partial charge in [-0.15, -0.1) is 10.2 Å². The van der Waals surface area contributed by atoms with Gasteiger partial charge in [0.25, 0.3) is 0 Å². The van der Waals surface area contributed by atoms with Crippen molar-refractivity contribution in [3.63, 3.8) is 0 Å². The molecule has 1 fully saturated rings. The Kier molecular flexibility index (Phi) is 4.35. The second-order valence-corrected chi connectivity index (χ2v) is 4.69. The Bertz CT molecular complexity index is 336. The van der Waals surface area contributed by atoms with Crippen LogP contribution in [0.15, 0.2) is 0 Å². The molecule has 90 valence electrons.